The van der Waals surface area contributed by atoms with Crippen molar-refractivity contribution in [1.29, 1.82) is 0 Å². The van der Waals surface area contributed by atoms with E-state index in [1.165, 1.54) is 61.1 Å². The third-order valence-corrected chi connectivity index (χ3v) is 15.9. The maximum Gasteiger partial charge on any atom is 0.333 e. The highest BCUT2D eigenvalue weighted by Crippen LogP contribution is 2.38. The molecule has 15 heteroatoms. The van der Waals surface area contributed by atoms with Crippen LogP contribution >= 0.6 is 11.3 Å². The van der Waals surface area contributed by atoms with Gasteiger partial charge in [-0.1, -0.05) is 92.8 Å². The van der Waals surface area contributed by atoms with Crippen molar-refractivity contribution >= 4 is 46.2 Å². The van der Waals surface area contributed by atoms with Gasteiger partial charge in [-0.3, -0.25) is 14.2 Å². The van der Waals surface area contributed by atoms with Crippen LogP contribution in [0.15, 0.2) is 101 Å². The SMILES string of the molecule is COCCO[C@@H](Cn1c(=O)n(C(C)C(=O)O[Si](c2ccccc2)(c2ccccc2)C(C)(C)C)c(=O)c2c(C)c(-n3nccn3)sc21)c1cc(F)ccc1OC. The number of nitrogens with zero attached hydrogens (tertiary/aromatic N) is 5. The minimum Gasteiger partial charge on any atom is -0.508 e. The Morgan fingerprint density at radius 2 is 1.55 bits per heavy atom. The summed E-state index contributed by atoms with van der Waals surface area (Å²) in [5.41, 5.74) is -0.592. The fraction of sp³-hybridized carbons (Fsp3) is 0.325. The van der Waals surface area contributed by atoms with E-state index in [9.17, 15) is 18.8 Å². The van der Waals surface area contributed by atoms with E-state index < -0.39 is 48.5 Å². The molecular weight excluding hydrogens is 742 g/mol. The zero-order valence-electron chi connectivity index (χ0n) is 31.8. The van der Waals surface area contributed by atoms with Gasteiger partial charge in [-0.25, -0.2) is 13.8 Å². The Bertz CT molecular complexity index is 2350. The first-order valence-corrected chi connectivity index (χ1v) is 20.5. The first kappa shape index (κ1) is 39.5. The molecule has 3 heterocycles. The predicted molar refractivity (Wildman–Crippen MR) is 212 cm³/mol. The van der Waals surface area contributed by atoms with Crippen molar-refractivity contribution in [2.24, 2.45) is 0 Å². The molecule has 0 bridgehead atoms. The van der Waals surface area contributed by atoms with Crippen LogP contribution < -0.4 is 26.4 Å². The van der Waals surface area contributed by atoms with Gasteiger partial charge in [0, 0.05) is 18.2 Å². The van der Waals surface area contributed by atoms with E-state index in [0.717, 1.165) is 26.3 Å². The van der Waals surface area contributed by atoms with Gasteiger partial charge in [0.15, 0.2) is 0 Å². The molecule has 3 aromatic carbocycles. The van der Waals surface area contributed by atoms with Crippen molar-refractivity contribution in [1.82, 2.24) is 24.1 Å². The van der Waals surface area contributed by atoms with Crippen LogP contribution in [0.5, 0.6) is 5.75 Å². The van der Waals surface area contributed by atoms with Crippen LogP contribution in [-0.2, 0) is 25.2 Å². The summed E-state index contributed by atoms with van der Waals surface area (Å²) in [6.45, 7) is 9.49. The number of fused-ring (bicyclic) bond motifs is 1. The van der Waals surface area contributed by atoms with E-state index in [1.54, 1.807) is 6.92 Å². The Balaban J connectivity index is 1.56. The minimum atomic E-state index is -3.43. The molecule has 0 aliphatic rings. The van der Waals surface area contributed by atoms with Gasteiger partial charge < -0.3 is 18.6 Å². The van der Waals surface area contributed by atoms with Gasteiger partial charge in [-0.15, -0.1) is 4.80 Å². The molecule has 1 unspecified atom stereocenters. The summed E-state index contributed by atoms with van der Waals surface area (Å²) in [4.78, 5) is 45.9. The molecule has 288 valence electrons. The summed E-state index contributed by atoms with van der Waals surface area (Å²) in [6.07, 6.45) is 2.07. The van der Waals surface area contributed by atoms with Gasteiger partial charge >= 0.3 is 20.0 Å². The lowest BCUT2D eigenvalue weighted by atomic mass is 10.1. The van der Waals surface area contributed by atoms with Crippen molar-refractivity contribution in [3.05, 3.63) is 129 Å². The Labute approximate surface area is 322 Å². The molecule has 0 saturated heterocycles. The minimum absolute atomic E-state index is 0.103. The van der Waals surface area contributed by atoms with Crippen LogP contribution in [0, 0.1) is 12.7 Å². The molecule has 0 N–H and O–H groups in total. The number of carbonyl (C=O) groups is 1. The second-order valence-corrected chi connectivity index (χ2v) is 19.3. The lowest BCUT2D eigenvalue weighted by Gasteiger charge is -2.42. The van der Waals surface area contributed by atoms with Gasteiger partial charge in [-0.05, 0) is 47.5 Å². The molecule has 6 rings (SSSR count). The van der Waals surface area contributed by atoms with Crippen molar-refractivity contribution in [3.63, 3.8) is 0 Å². The van der Waals surface area contributed by atoms with Crippen LogP contribution in [0.1, 0.15) is 51.0 Å². The monoisotopic (exact) mass is 785 g/mol. The van der Waals surface area contributed by atoms with E-state index in [1.807, 2.05) is 81.4 Å². The second-order valence-electron chi connectivity index (χ2n) is 14.1. The van der Waals surface area contributed by atoms with Crippen LogP contribution in [0.4, 0.5) is 4.39 Å². The number of hydrogen-bond acceptors (Lipinski definition) is 10. The van der Waals surface area contributed by atoms with E-state index in [0.29, 0.717) is 26.7 Å². The normalized spacial score (nSPS) is 13.2. The molecule has 0 amide bonds. The molecule has 55 heavy (non-hydrogen) atoms. The number of hydrogen-bond donors (Lipinski definition) is 0. The zero-order valence-corrected chi connectivity index (χ0v) is 33.6. The van der Waals surface area contributed by atoms with Crippen molar-refractivity contribution in [2.45, 2.75) is 58.3 Å². The number of carbonyl (C=O) groups excluding carboxylic acids is 1. The Morgan fingerprint density at radius 3 is 2.11 bits per heavy atom. The van der Waals surface area contributed by atoms with Crippen LogP contribution in [0.2, 0.25) is 5.04 Å². The lowest BCUT2D eigenvalue weighted by Crippen LogP contribution is -2.67. The molecule has 0 aliphatic carbocycles. The Hall–Kier alpha value is -5.22. The average Bonchev–Trinajstić information content (AvgIpc) is 3.83. The first-order chi connectivity index (χ1) is 26.3. The van der Waals surface area contributed by atoms with Gasteiger partial charge in [0.05, 0.1) is 44.6 Å². The second kappa shape index (κ2) is 16.2. The Morgan fingerprint density at radius 1 is 0.927 bits per heavy atom. The van der Waals surface area contributed by atoms with Crippen LogP contribution in [0.25, 0.3) is 15.2 Å². The summed E-state index contributed by atoms with van der Waals surface area (Å²) in [7, 11) is -0.449. The fourth-order valence-electron chi connectivity index (χ4n) is 6.99. The average molecular weight is 786 g/mol. The molecule has 0 fully saturated rings. The highest BCUT2D eigenvalue weighted by molar-refractivity contribution is 7.21. The van der Waals surface area contributed by atoms with Gasteiger partial charge in [0.2, 0.25) is 0 Å². The van der Waals surface area contributed by atoms with Crippen LogP contribution in [0.3, 0.4) is 0 Å². The molecule has 3 aromatic heterocycles. The van der Waals surface area contributed by atoms with E-state index >= 15 is 0 Å². The molecule has 0 spiro atoms. The van der Waals surface area contributed by atoms with Crippen LogP contribution in [-0.4, -0.2) is 65.8 Å². The van der Waals surface area contributed by atoms with E-state index in [-0.39, 0.29) is 25.1 Å². The van der Waals surface area contributed by atoms with Gasteiger partial charge in [-0.2, -0.15) is 10.2 Å². The standard InChI is InChI=1S/C40H44FN5O7SSi/c1-26-34-35(47)45(27(2)38(48)53-55(40(3,4)5,29-14-10-8-11-15-29)30-16-12-9-13-17-30)39(49)44(37(34)54-36(26)46-42-20-21-43-46)25-33(52-23-22-50-6)31-24-28(41)18-19-32(31)51-7/h8-21,24,27,33H,22-23,25H2,1-7H3/t27?,33-/m0/s1. The quantitative estimate of drug-likeness (QED) is 0.106. The maximum atomic E-state index is 14.9. The van der Waals surface area contributed by atoms with Crippen molar-refractivity contribution < 1.29 is 27.8 Å². The highest BCUT2D eigenvalue weighted by atomic mass is 32.1. The molecule has 12 nitrogen and oxygen atoms in total. The number of ether oxygens (including phenoxy) is 3. The number of halogens is 1. The number of benzene rings is 3. The predicted octanol–water partition coefficient (Wildman–Crippen LogP) is 5.33. The molecule has 0 aliphatic heterocycles. The maximum absolute atomic E-state index is 14.9. The number of aromatic nitrogens is 5. The Kier molecular flexibility index (Phi) is 11.7. The van der Waals surface area contributed by atoms with Gasteiger partial charge in [0.1, 0.15) is 33.5 Å². The molecule has 2 atom stereocenters. The van der Waals surface area contributed by atoms with Gasteiger partial charge in [0.25, 0.3) is 5.56 Å². The highest BCUT2D eigenvalue weighted by Gasteiger charge is 2.53. The van der Waals surface area contributed by atoms with E-state index in [2.05, 4.69) is 10.2 Å². The van der Waals surface area contributed by atoms with E-state index in [4.69, 9.17) is 18.6 Å². The lowest BCUT2D eigenvalue weighted by molar-refractivity contribution is -0.138. The summed E-state index contributed by atoms with van der Waals surface area (Å²) >= 11 is 1.14. The zero-order chi connectivity index (χ0) is 39.5. The molecule has 0 saturated carbocycles. The third kappa shape index (κ3) is 7.44. The first-order valence-electron chi connectivity index (χ1n) is 17.8. The summed E-state index contributed by atoms with van der Waals surface area (Å²) in [6, 6.07) is 21.9. The molecular formula is C40H44FN5O7SSi. The summed E-state index contributed by atoms with van der Waals surface area (Å²) in [5, 5.41) is 10.4. The number of rotatable bonds is 14. The molecule has 6 aromatic rings. The third-order valence-electron chi connectivity index (χ3n) is 9.71. The summed E-state index contributed by atoms with van der Waals surface area (Å²) < 4.78 is 40.9. The summed E-state index contributed by atoms with van der Waals surface area (Å²) in [5.74, 6) is -0.925. The smallest absolute Gasteiger partial charge is 0.333 e. The van der Waals surface area contributed by atoms with Crippen molar-refractivity contribution in [3.8, 4) is 10.8 Å². The molecule has 0 radical (unpaired) electrons. The number of thiophene rings is 1. The topological polar surface area (TPSA) is 129 Å². The fourth-order valence-corrected chi connectivity index (χ4v) is 12.6. The number of methoxy groups -OCH3 is 2. The van der Waals surface area contributed by atoms with Crippen molar-refractivity contribution in [2.75, 3.05) is 27.4 Å². The number of aryl methyl sites for hydroxylation is 1. The largest absolute Gasteiger partial charge is 0.508 e.